The zero-order chi connectivity index (χ0) is 28.2. The lowest BCUT2D eigenvalue weighted by atomic mass is 9.71. The van der Waals surface area contributed by atoms with Crippen LogP contribution in [-0.4, -0.2) is 74.5 Å². The smallest absolute Gasteiger partial charge is 0.310 e. The van der Waals surface area contributed by atoms with Gasteiger partial charge in [0, 0.05) is 18.3 Å². The van der Waals surface area contributed by atoms with Crippen molar-refractivity contribution in [3.05, 3.63) is 61.2 Å². The normalized spacial score (nSPS) is 27.9. The SMILES string of the molecule is C=CCCCCOC(=O)[C@@H]1[C@H]2C(=O)N([C@@H](CO)C(C)C)C(C(=O)N(CC=C)Cc3ccccc3)C23CC[C@H]1S3. The topological polar surface area (TPSA) is 87.1 Å². The van der Waals surface area contributed by atoms with Crippen LogP contribution in [0.15, 0.2) is 55.6 Å². The van der Waals surface area contributed by atoms with Crippen LogP contribution >= 0.6 is 11.8 Å². The molecule has 1 aromatic carbocycles. The number of aliphatic hydroxyl groups is 1. The quantitative estimate of drug-likeness (QED) is 0.211. The van der Waals surface area contributed by atoms with Crippen molar-refractivity contribution in [1.82, 2.24) is 9.80 Å². The number of carbonyl (C=O) groups excluding carboxylic acids is 3. The van der Waals surface area contributed by atoms with Crippen molar-refractivity contribution in [2.24, 2.45) is 17.8 Å². The number of amides is 2. The van der Waals surface area contributed by atoms with Gasteiger partial charge in [0.15, 0.2) is 0 Å². The van der Waals surface area contributed by atoms with Crippen molar-refractivity contribution in [3.63, 3.8) is 0 Å². The van der Waals surface area contributed by atoms with Crippen LogP contribution in [0.4, 0.5) is 0 Å². The van der Waals surface area contributed by atoms with Crippen LogP contribution in [0.5, 0.6) is 0 Å². The Bertz CT molecular complexity index is 1060. The van der Waals surface area contributed by atoms with Crippen molar-refractivity contribution in [2.75, 3.05) is 19.8 Å². The molecule has 7 nitrogen and oxygen atoms in total. The van der Waals surface area contributed by atoms with Gasteiger partial charge in [-0.05, 0) is 43.6 Å². The number of fused-ring (bicyclic) bond motifs is 1. The number of unbranched alkanes of at least 4 members (excludes halogenated alkanes) is 2. The van der Waals surface area contributed by atoms with Crippen LogP contribution in [0.2, 0.25) is 0 Å². The molecule has 8 heteroatoms. The Kier molecular flexibility index (Phi) is 9.60. The predicted octanol–water partition coefficient (Wildman–Crippen LogP) is 4.21. The van der Waals surface area contributed by atoms with E-state index in [9.17, 15) is 19.5 Å². The highest BCUT2D eigenvalue weighted by Crippen LogP contribution is 2.67. The Labute approximate surface area is 236 Å². The lowest BCUT2D eigenvalue weighted by Crippen LogP contribution is -2.58. The van der Waals surface area contributed by atoms with E-state index in [-0.39, 0.29) is 35.6 Å². The van der Waals surface area contributed by atoms with Crippen molar-refractivity contribution in [3.8, 4) is 0 Å². The number of benzene rings is 1. The maximum absolute atomic E-state index is 14.5. The highest BCUT2D eigenvalue weighted by Gasteiger charge is 2.74. The minimum atomic E-state index is -0.765. The molecule has 1 N–H and O–H groups in total. The molecule has 212 valence electrons. The second kappa shape index (κ2) is 12.7. The summed E-state index contributed by atoms with van der Waals surface area (Å²) in [5.41, 5.74) is 0.987. The van der Waals surface area contributed by atoms with Gasteiger partial charge in [-0.1, -0.05) is 56.3 Å². The average molecular weight is 555 g/mol. The number of hydrogen-bond acceptors (Lipinski definition) is 6. The molecular weight excluding hydrogens is 512 g/mol. The highest BCUT2D eigenvalue weighted by atomic mass is 32.2. The van der Waals surface area contributed by atoms with E-state index in [1.54, 1.807) is 27.6 Å². The summed E-state index contributed by atoms with van der Waals surface area (Å²) in [6.45, 7) is 12.3. The van der Waals surface area contributed by atoms with Gasteiger partial charge in [-0.3, -0.25) is 14.4 Å². The van der Waals surface area contributed by atoms with Crippen LogP contribution in [0, 0.1) is 17.8 Å². The lowest BCUT2D eigenvalue weighted by Gasteiger charge is -2.40. The summed E-state index contributed by atoms with van der Waals surface area (Å²) in [7, 11) is 0. The third-order valence-corrected chi connectivity index (χ3v) is 10.4. The van der Waals surface area contributed by atoms with Gasteiger partial charge >= 0.3 is 5.97 Å². The van der Waals surface area contributed by atoms with E-state index in [4.69, 9.17) is 4.74 Å². The summed E-state index contributed by atoms with van der Waals surface area (Å²) < 4.78 is 4.97. The van der Waals surface area contributed by atoms with Gasteiger partial charge in [-0.25, -0.2) is 0 Å². The first-order valence-electron chi connectivity index (χ1n) is 14.1. The maximum Gasteiger partial charge on any atom is 0.310 e. The van der Waals surface area contributed by atoms with Gasteiger partial charge in [0.25, 0.3) is 0 Å². The summed E-state index contributed by atoms with van der Waals surface area (Å²) in [6.07, 6.45) is 7.49. The number of hydrogen-bond donors (Lipinski definition) is 1. The van der Waals surface area contributed by atoms with E-state index in [0.29, 0.717) is 26.1 Å². The zero-order valence-corrected chi connectivity index (χ0v) is 24.0. The fourth-order valence-electron chi connectivity index (χ4n) is 6.64. The molecule has 3 heterocycles. The molecule has 2 unspecified atom stereocenters. The molecule has 4 rings (SSSR count). The van der Waals surface area contributed by atoms with Crippen LogP contribution in [0.25, 0.3) is 0 Å². The summed E-state index contributed by atoms with van der Waals surface area (Å²) in [5.74, 6) is -1.97. The van der Waals surface area contributed by atoms with Crippen LogP contribution in [0.1, 0.15) is 51.5 Å². The molecule has 2 bridgehead atoms. The monoisotopic (exact) mass is 554 g/mol. The highest BCUT2D eigenvalue weighted by molar-refractivity contribution is 8.02. The van der Waals surface area contributed by atoms with Crippen molar-refractivity contribution in [1.29, 1.82) is 0 Å². The lowest BCUT2D eigenvalue weighted by molar-refractivity contribution is -0.155. The fraction of sp³-hybridized carbons (Fsp3) is 0.581. The van der Waals surface area contributed by atoms with E-state index in [0.717, 1.165) is 31.2 Å². The van der Waals surface area contributed by atoms with E-state index in [1.165, 1.54) is 0 Å². The van der Waals surface area contributed by atoms with Gasteiger partial charge in [0.05, 0.1) is 35.8 Å². The molecule has 1 spiro atoms. The standard InChI is InChI=1S/C31H42N2O5S/c1-5-7-8-12-18-38-30(37)25-24-15-16-31(39-24)26(25)28(35)33(23(20-34)21(3)4)27(31)29(36)32(17-6-2)19-22-13-10-9-11-14-22/h5-6,9-11,13-14,21,23-27,34H,1-2,7-8,12,15-20H2,3-4H3/t23-,24+,25-,26-,27?,31?/m0/s1. The average Bonchev–Trinajstić information content (AvgIpc) is 3.56. The number of aliphatic hydroxyl groups excluding tert-OH is 1. The van der Waals surface area contributed by atoms with Crippen LogP contribution in [0.3, 0.4) is 0 Å². The number of allylic oxidation sites excluding steroid dienone is 1. The fourth-order valence-corrected chi connectivity index (χ4v) is 8.83. The number of carbonyl (C=O) groups is 3. The molecule has 0 aromatic heterocycles. The second-order valence-electron chi connectivity index (χ2n) is 11.2. The third kappa shape index (κ3) is 5.55. The van der Waals surface area contributed by atoms with Crippen molar-refractivity contribution < 1.29 is 24.2 Å². The Morgan fingerprint density at radius 2 is 1.97 bits per heavy atom. The van der Waals surface area contributed by atoms with E-state index < -0.39 is 28.7 Å². The molecule has 2 amide bonds. The number of likely N-dealkylation sites (tertiary alicyclic amines) is 1. The molecule has 3 saturated heterocycles. The molecule has 3 aliphatic rings. The van der Waals surface area contributed by atoms with E-state index >= 15 is 0 Å². The summed E-state index contributed by atoms with van der Waals surface area (Å²) in [5, 5.41) is 10.4. The number of rotatable bonds is 14. The summed E-state index contributed by atoms with van der Waals surface area (Å²) in [4.78, 5) is 45.5. The van der Waals surface area contributed by atoms with Gasteiger partial charge < -0.3 is 19.6 Å². The van der Waals surface area contributed by atoms with Crippen LogP contribution < -0.4 is 0 Å². The van der Waals surface area contributed by atoms with E-state index in [1.807, 2.05) is 50.3 Å². The minimum absolute atomic E-state index is 0.0503. The third-order valence-electron chi connectivity index (χ3n) is 8.48. The van der Waals surface area contributed by atoms with E-state index in [2.05, 4.69) is 13.2 Å². The first-order chi connectivity index (χ1) is 18.8. The van der Waals surface area contributed by atoms with Gasteiger partial charge in [0.2, 0.25) is 11.8 Å². The molecule has 3 fully saturated rings. The number of thioether (sulfide) groups is 1. The Balaban J connectivity index is 1.67. The largest absolute Gasteiger partial charge is 0.465 e. The predicted molar refractivity (Wildman–Crippen MR) is 154 cm³/mol. The number of nitrogens with zero attached hydrogens (tertiary/aromatic N) is 2. The van der Waals surface area contributed by atoms with Gasteiger partial charge in [-0.15, -0.1) is 24.9 Å². The Hall–Kier alpha value is -2.58. The molecule has 0 saturated carbocycles. The van der Waals surface area contributed by atoms with Crippen molar-refractivity contribution >= 4 is 29.5 Å². The van der Waals surface area contributed by atoms with Gasteiger partial charge in [-0.2, -0.15) is 0 Å². The molecule has 0 aliphatic carbocycles. The number of ether oxygens (including phenoxy) is 1. The maximum atomic E-state index is 14.5. The Morgan fingerprint density at radius 1 is 1.23 bits per heavy atom. The summed E-state index contributed by atoms with van der Waals surface area (Å²) >= 11 is 1.63. The molecule has 39 heavy (non-hydrogen) atoms. The summed E-state index contributed by atoms with van der Waals surface area (Å²) in [6, 6.07) is 8.48. The van der Waals surface area contributed by atoms with Crippen molar-refractivity contribution in [2.45, 2.75) is 74.6 Å². The second-order valence-corrected chi connectivity index (χ2v) is 12.8. The molecule has 0 radical (unpaired) electrons. The molecule has 1 aromatic rings. The first-order valence-corrected chi connectivity index (χ1v) is 15.0. The first kappa shape index (κ1) is 29.4. The molecule has 3 aliphatic heterocycles. The minimum Gasteiger partial charge on any atom is -0.465 e. The molecular formula is C31H42N2O5S. The zero-order valence-electron chi connectivity index (χ0n) is 23.2. The molecule has 6 atom stereocenters. The van der Waals surface area contributed by atoms with Crippen LogP contribution in [-0.2, 0) is 25.7 Å². The number of esters is 1. The van der Waals surface area contributed by atoms with Gasteiger partial charge in [0.1, 0.15) is 6.04 Å². The Morgan fingerprint density at radius 3 is 2.62 bits per heavy atom.